The minimum absolute atomic E-state index is 0.308. The van der Waals surface area contributed by atoms with E-state index in [1.54, 1.807) is 7.11 Å². The van der Waals surface area contributed by atoms with Crippen LogP contribution in [0.2, 0.25) is 0 Å². The van der Waals surface area contributed by atoms with Gasteiger partial charge in [-0.2, -0.15) is 0 Å². The second-order valence-corrected chi connectivity index (χ2v) is 8.73. The van der Waals surface area contributed by atoms with E-state index in [9.17, 15) is 0 Å². The largest absolute Gasteiger partial charge is 0.384 e. The lowest BCUT2D eigenvalue weighted by Crippen LogP contribution is -2.28. The van der Waals surface area contributed by atoms with E-state index in [1.165, 1.54) is 50.9 Å². The van der Waals surface area contributed by atoms with Gasteiger partial charge >= 0.3 is 0 Å². The van der Waals surface area contributed by atoms with Gasteiger partial charge in [0, 0.05) is 7.11 Å². The molecule has 4 aromatic rings. The zero-order valence-corrected chi connectivity index (χ0v) is 19.0. The fourth-order valence-corrected chi connectivity index (χ4v) is 5.38. The lowest BCUT2D eigenvalue weighted by atomic mass is 9.67. The molecule has 0 N–H and O–H groups in total. The highest BCUT2D eigenvalue weighted by Crippen LogP contribution is 2.55. The monoisotopic (exact) mass is 418 g/mol. The van der Waals surface area contributed by atoms with Gasteiger partial charge in [0.15, 0.2) is 0 Å². The molecule has 5 rings (SSSR count). The zero-order chi connectivity index (χ0) is 22.0. The Morgan fingerprint density at radius 1 is 0.594 bits per heavy atom. The van der Waals surface area contributed by atoms with E-state index in [2.05, 4.69) is 104 Å². The van der Waals surface area contributed by atoms with Crippen molar-refractivity contribution in [3.8, 4) is 11.1 Å². The van der Waals surface area contributed by atoms with Crippen LogP contribution in [-0.2, 0) is 23.0 Å². The Morgan fingerprint density at radius 3 is 1.53 bits per heavy atom. The Kier molecular flexibility index (Phi) is 5.68. The van der Waals surface area contributed by atoms with Crippen LogP contribution in [0.25, 0.3) is 11.1 Å². The molecule has 1 nitrogen and oxygen atoms in total. The smallest absolute Gasteiger partial charge is 0.0713 e. The standard InChI is InChI=1S/C31H30O/c1-3-8-23-13-17-25(18-14-23)31(26-19-15-24(16-20-26)21-22-32-2)29-11-6-4-9-27(29)28-10-5-7-12-30(28)31/h4-7,9-20H,3,8,21-22H2,1-2H3. The van der Waals surface area contributed by atoms with Gasteiger partial charge in [0.05, 0.1) is 12.0 Å². The number of benzene rings is 4. The summed E-state index contributed by atoms with van der Waals surface area (Å²) in [6.07, 6.45) is 3.22. The van der Waals surface area contributed by atoms with Crippen LogP contribution in [0.3, 0.4) is 0 Å². The van der Waals surface area contributed by atoms with E-state index in [0.717, 1.165) is 19.4 Å². The van der Waals surface area contributed by atoms with Crippen LogP contribution in [0.1, 0.15) is 46.7 Å². The Morgan fingerprint density at radius 2 is 1.06 bits per heavy atom. The molecule has 0 atom stereocenters. The summed E-state index contributed by atoms with van der Waals surface area (Å²) in [6.45, 7) is 2.99. The fourth-order valence-electron chi connectivity index (χ4n) is 5.38. The second kappa shape index (κ2) is 8.76. The Hall–Kier alpha value is -3.16. The molecule has 0 amide bonds. The van der Waals surface area contributed by atoms with Gasteiger partial charge in [-0.05, 0) is 57.3 Å². The van der Waals surface area contributed by atoms with Crippen molar-refractivity contribution < 1.29 is 4.74 Å². The molecule has 1 aliphatic carbocycles. The third-order valence-electron chi connectivity index (χ3n) is 6.86. The van der Waals surface area contributed by atoms with E-state index in [1.807, 2.05) is 0 Å². The zero-order valence-electron chi connectivity index (χ0n) is 19.0. The van der Waals surface area contributed by atoms with Gasteiger partial charge < -0.3 is 4.74 Å². The maximum Gasteiger partial charge on any atom is 0.0713 e. The summed E-state index contributed by atoms with van der Waals surface area (Å²) in [4.78, 5) is 0. The van der Waals surface area contributed by atoms with Gasteiger partial charge in [-0.3, -0.25) is 0 Å². The molecule has 0 radical (unpaired) electrons. The molecule has 32 heavy (non-hydrogen) atoms. The van der Waals surface area contributed by atoms with E-state index < -0.39 is 0 Å². The van der Waals surface area contributed by atoms with Crippen molar-refractivity contribution >= 4 is 0 Å². The fraction of sp³-hybridized carbons (Fsp3) is 0.226. The van der Waals surface area contributed by atoms with Gasteiger partial charge in [0.25, 0.3) is 0 Å². The first-order valence-corrected chi connectivity index (χ1v) is 11.7. The third-order valence-corrected chi connectivity index (χ3v) is 6.86. The first-order valence-electron chi connectivity index (χ1n) is 11.7. The van der Waals surface area contributed by atoms with Gasteiger partial charge in [0.2, 0.25) is 0 Å². The first kappa shape index (κ1) is 20.7. The number of hydrogen-bond acceptors (Lipinski definition) is 1. The Labute approximate surface area is 191 Å². The SMILES string of the molecule is CCCc1ccc(C2(c3ccc(CCOC)cc3)c3ccccc3-c3ccccc32)cc1. The van der Waals surface area contributed by atoms with E-state index in [4.69, 9.17) is 4.74 Å². The average molecular weight is 419 g/mol. The molecule has 0 aliphatic heterocycles. The summed E-state index contributed by atoms with van der Waals surface area (Å²) in [7, 11) is 1.76. The quantitative estimate of drug-likeness (QED) is 0.272. The molecule has 0 spiro atoms. The lowest BCUT2D eigenvalue weighted by molar-refractivity contribution is 0.202. The van der Waals surface area contributed by atoms with Crippen molar-refractivity contribution in [2.75, 3.05) is 13.7 Å². The molecule has 0 fully saturated rings. The molecule has 0 aromatic heterocycles. The van der Waals surface area contributed by atoms with E-state index >= 15 is 0 Å². The maximum atomic E-state index is 5.29. The third kappa shape index (κ3) is 3.29. The van der Waals surface area contributed by atoms with Crippen LogP contribution in [0.15, 0.2) is 97.1 Å². The summed E-state index contributed by atoms with van der Waals surface area (Å²) in [5.41, 5.74) is 10.5. The molecule has 0 bridgehead atoms. The second-order valence-electron chi connectivity index (χ2n) is 8.73. The van der Waals surface area contributed by atoms with Crippen LogP contribution >= 0.6 is 0 Å². The number of fused-ring (bicyclic) bond motifs is 3. The maximum absolute atomic E-state index is 5.29. The van der Waals surface area contributed by atoms with Crippen LogP contribution in [0, 0.1) is 0 Å². The molecular weight excluding hydrogens is 388 g/mol. The van der Waals surface area contributed by atoms with Crippen molar-refractivity contribution in [1.29, 1.82) is 0 Å². The predicted octanol–water partition coefficient (Wildman–Crippen LogP) is 7.19. The van der Waals surface area contributed by atoms with Gasteiger partial charge in [-0.25, -0.2) is 0 Å². The molecule has 0 saturated heterocycles. The molecule has 0 unspecified atom stereocenters. The summed E-state index contributed by atoms with van der Waals surface area (Å²) in [6, 6.07) is 36.4. The molecule has 0 heterocycles. The summed E-state index contributed by atoms with van der Waals surface area (Å²) in [5, 5.41) is 0. The van der Waals surface area contributed by atoms with Gasteiger partial charge in [-0.15, -0.1) is 0 Å². The minimum Gasteiger partial charge on any atom is -0.384 e. The predicted molar refractivity (Wildman–Crippen MR) is 133 cm³/mol. The van der Waals surface area contributed by atoms with Crippen molar-refractivity contribution in [3.63, 3.8) is 0 Å². The molecule has 1 aliphatic rings. The number of methoxy groups -OCH3 is 1. The normalized spacial score (nSPS) is 13.6. The Balaban J connectivity index is 1.76. The molecule has 4 aromatic carbocycles. The lowest BCUT2D eigenvalue weighted by Gasteiger charge is -2.34. The highest BCUT2D eigenvalue weighted by Gasteiger charge is 2.45. The number of hydrogen-bond donors (Lipinski definition) is 0. The average Bonchev–Trinajstić information content (AvgIpc) is 3.15. The van der Waals surface area contributed by atoms with Crippen LogP contribution in [0.4, 0.5) is 0 Å². The topological polar surface area (TPSA) is 9.23 Å². The first-order chi connectivity index (χ1) is 15.8. The summed E-state index contributed by atoms with van der Waals surface area (Å²) < 4.78 is 5.29. The number of rotatable bonds is 7. The summed E-state index contributed by atoms with van der Waals surface area (Å²) >= 11 is 0. The minimum atomic E-state index is -0.308. The van der Waals surface area contributed by atoms with Crippen LogP contribution in [0.5, 0.6) is 0 Å². The van der Waals surface area contributed by atoms with Gasteiger partial charge in [0.1, 0.15) is 0 Å². The van der Waals surface area contributed by atoms with Crippen molar-refractivity contribution in [3.05, 3.63) is 130 Å². The van der Waals surface area contributed by atoms with Crippen LogP contribution in [-0.4, -0.2) is 13.7 Å². The van der Waals surface area contributed by atoms with Crippen molar-refractivity contribution in [2.45, 2.75) is 31.6 Å². The van der Waals surface area contributed by atoms with Crippen molar-refractivity contribution in [2.24, 2.45) is 0 Å². The highest BCUT2D eigenvalue weighted by molar-refractivity contribution is 5.86. The number of aryl methyl sites for hydroxylation is 1. The number of ether oxygens (including phenoxy) is 1. The van der Waals surface area contributed by atoms with Gasteiger partial charge in [-0.1, -0.05) is 110 Å². The van der Waals surface area contributed by atoms with Crippen LogP contribution < -0.4 is 0 Å². The van der Waals surface area contributed by atoms with E-state index in [-0.39, 0.29) is 5.41 Å². The molecule has 160 valence electrons. The molecular formula is C31H30O. The highest BCUT2D eigenvalue weighted by atomic mass is 16.5. The Bertz CT molecular complexity index is 1160. The molecule has 0 saturated carbocycles. The summed E-state index contributed by atoms with van der Waals surface area (Å²) in [5.74, 6) is 0. The van der Waals surface area contributed by atoms with E-state index in [0.29, 0.717) is 0 Å². The van der Waals surface area contributed by atoms with Crippen molar-refractivity contribution in [1.82, 2.24) is 0 Å². The molecule has 1 heteroatoms.